The quantitative estimate of drug-likeness (QED) is 0.146. The van der Waals surface area contributed by atoms with E-state index in [0.29, 0.717) is 5.02 Å². The Labute approximate surface area is 281 Å². The van der Waals surface area contributed by atoms with E-state index in [1.54, 1.807) is 0 Å². The topological polar surface area (TPSA) is 37.6 Å². The number of halogens is 1. The zero-order valence-electron chi connectivity index (χ0n) is 28.9. The van der Waals surface area contributed by atoms with Gasteiger partial charge in [0, 0.05) is 0 Å². The first kappa shape index (κ1) is 41.2. The van der Waals surface area contributed by atoms with Crippen molar-refractivity contribution in [3.8, 4) is 0 Å². The van der Waals surface area contributed by atoms with Gasteiger partial charge < -0.3 is 13.1 Å². The van der Waals surface area contributed by atoms with E-state index in [1.807, 2.05) is 38.1 Å². The predicted octanol–water partition coefficient (Wildman–Crippen LogP) is 11.5. The first-order valence-electron chi connectivity index (χ1n) is 14.9. The van der Waals surface area contributed by atoms with Crippen molar-refractivity contribution in [3.05, 3.63) is 99.8 Å². The van der Waals surface area contributed by atoms with Gasteiger partial charge in [0.25, 0.3) is 0 Å². The molecule has 0 aliphatic heterocycles. The Morgan fingerprint density at radius 2 is 1.09 bits per heavy atom. The van der Waals surface area contributed by atoms with Crippen LogP contribution in [0.5, 0.6) is 0 Å². The van der Waals surface area contributed by atoms with Crippen molar-refractivity contribution < 1.29 is 17.1 Å². The normalized spacial score (nSPS) is 12.0. The molecule has 0 bridgehead atoms. The minimum absolute atomic E-state index is 0. The summed E-state index contributed by atoms with van der Waals surface area (Å²) in [6.07, 6.45) is 1.83. The van der Waals surface area contributed by atoms with Crippen LogP contribution in [-0.4, -0.2) is 32.6 Å². The Bertz CT molecular complexity index is 1290. The Hall–Kier alpha value is -1.83. The maximum absolute atomic E-state index is 6.52. The van der Waals surface area contributed by atoms with Crippen molar-refractivity contribution in [2.75, 3.05) is 0 Å². The number of nitrogens with zero attached hydrogens (tertiary/aromatic N) is 3. The molecule has 0 amide bonds. The third kappa shape index (κ3) is 16.2. The number of hydrogen-bond acceptors (Lipinski definition) is 3. The molecule has 1 aromatic heterocycles. The monoisotopic (exact) mass is 675 g/mol. The van der Waals surface area contributed by atoms with E-state index in [0.717, 1.165) is 58.2 Å². The van der Waals surface area contributed by atoms with Crippen LogP contribution in [0.2, 0.25) is 44.3 Å². The summed E-state index contributed by atoms with van der Waals surface area (Å²) in [5, 5.41) is 0.678. The third-order valence-corrected chi connectivity index (χ3v) is 5.91. The van der Waals surface area contributed by atoms with Crippen LogP contribution in [0, 0.1) is 33.9 Å². The van der Waals surface area contributed by atoms with Crippen LogP contribution in [0.15, 0.2) is 52.4 Å². The second-order valence-corrected chi connectivity index (χ2v) is 24.1. The number of aliphatic imine (C=N–C) groups is 2. The molecule has 3 aromatic rings. The number of aromatic nitrogens is 1. The van der Waals surface area contributed by atoms with E-state index < -0.39 is 16.1 Å². The summed E-state index contributed by atoms with van der Waals surface area (Å²) < 4.78 is 0. The van der Waals surface area contributed by atoms with Gasteiger partial charge in [-0.15, -0.1) is 16.1 Å². The van der Waals surface area contributed by atoms with Gasteiger partial charge in [0.2, 0.25) is 0 Å². The summed E-state index contributed by atoms with van der Waals surface area (Å²) >= 11 is 6.52. The molecule has 0 N–H and O–H groups in total. The molecule has 0 saturated heterocycles. The zero-order valence-corrected chi connectivity index (χ0v) is 32.8. The maximum Gasteiger partial charge on any atom is 2.00 e. The van der Waals surface area contributed by atoms with Gasteiger partial charge in [0.05, 0.1) is 39.2 Å². The van der Waals surface area contributed by atoms with Gasteiger partial charge in [0.1, 0.15) is 0 Å². The van der Waals surface area contributed by atoms with Crippen molar-refractivity contribution in [2.45, 2.75) is 101 Å². The van der Waals surface area contributed by atoms with E-state index in [4.69, 9.17) is 26.6 Å². The predicted molar refractivity (Wildman–Crippen MR) is 196 cm³/mol. The fourth-order valence-electron chi connectivity index (χ4n) is 3.97. The number of aryl methyl sites for hydroxylation is 5. The Kier molecular flexibility index (Phi) is 17.4. The zero-order chi connectivity index (χ0) is 32.4. The largest absolute Gasteiger partial charge is 2.00 e. The molecule has 0 aliphatic carbocycles. The molecule has 0 fully saturated rings. The van der Waals surface area contributed by atoms with Gasteiger partial charge >= 0.3 is 17.1 Å². The Balaban J connectivity index is 0.00000139. The van der Waals surface area contributed by atoms with Crippen LogP contribution in [0.1, 0.15) is 66.9 Å². The average molecular weight is 676 g/mol. The minimum atomic E-state index is -0.861. The fraction of sp³-hybridized carbons (Fsp3) is 0.417. The van der Waals surface area contributed by atoms with E-state index in [2.05, 4.69) is 105 Å². The fourth-order valence-corrected chi connectivity index (χ4v) is 4.30. The number of hydrogen-bond donors (Lipinski definition) is 0. The second kappa shape index (κ2) is 18.2. The van der Waals surface area contributed by atoms with Crippen LogP contribution >= 0.6 is 11.6 Å². The first-order chi connectivity index (χ1) is 19.2. The molecule has 2 aromatic carbocycles. The summed E-state index contributed by atoms with van der Waals surface area (Å²) in [7, 11) is -1.72. The van der Waals surface area contributed by atoms with Crippen molar-refractivity contribution >= 4 is 50.5 Å². The number of rotatable bonds is 6. The summed E-state index contributed by atoms with van der Waals surface area (Å²) in [5.74, 6) is 0. The molecule has 3 nitrogen and oxygen atoms in total. The Morgan fingerprint density at radius 3 is 1.51 bits per heavy atom. The van der Waals surface area contributed by atoms with Gasteiger partial charge in [-0.2, -0.15) is 0 Å². The smallest absolute Gasteiger partial charge is 0.342 e. The molecule has 1 heterocycles. The molecule has 0 unspecified atom stereocenters. The van der Waals surface area contributed by atoms with E-state index in [9.17, 15) is 0 Å². The average Bonchev–Trinajstić information content (AvgIpc) is 2.84. The van der Waals surface area contributed by atoms with Crippen molar-refractivity contribution in [1.82, 2.24) is 4.98 Å². The summed E-state index contributed by atoms with van der Waals surface area (Å²) in [5.41, 5.74) is 11.3. The van der Waals surface area contributed by atoms with E-state index >= 15 is 0 Å². The van der Waals surface area contributed by atoms with Gasteiger partial charge in [0.15, 0.2) is 0 Å². The molecular weight excluding hydrogens is 622 g/mol. The SMILES string of the molecule is CCc1cc(C)cc(C)c1N=C(C)c1cccc(C(C)=Nc2c(Cl)cc(C)cc2CC)n1.[CH2-][Si](C)(C)C.[CH2-][Si](C)(C)C.[Fe+2]. The van der Waals surface area contributed by atoms with Crippen molar-refractivity contribution in [2.24, 2.45) is 9.98 Å². The van der Waals surface area contributed by atoms with Gasteiger partial charge in [-0.25, -0.2) is 9.98 Å². The van der Waals surface area contributed by atoms with Crippen molar-refractivity contribution in [3.63, 3.8) is 0 Å². The molecule has 0 aliphatic rings. The Morgan fingerprint density at radius 1 is 0.721 bits per heavy atom. The van der Waals surface area contributed by atoms with Crippen LogP contribution in [0.3, 0.4) is 0 Å². The molecule has 3 rings (SSSR count). The molecule has 0 spiro atoms. The minimum Gasteiger partial charge on any atom is -0.342 e. The third-order valence-electron chi connectivity index (χ3n) is 5.62. The van der Waals surface area contributed by atoms with E-state index in [-0.39, 0.29) is 17.1 Å². The molecule has 236 valence electrons. The summed E-state index contributed by atoms with van der Waals surface area (Å²) in [6.45, 7) is 35.7. The molecule has 7 heteroatoms. The molecule has 0 atom stereocenters. The summed E-state index contributed by atoms with van der Waals surface area (Å²) in [4.78, 5) is 14.7. The van der Waals surface area contributed by atoms with Crippen LogP contribution in [0.4, 0.5) is 11.4 Å². The first-order valence-corrected chi connectivity index (χ1v) is 22.7. The van der Waals surface area contributed by atoms with Gasteiger partial charge in [-0.3, -0.25) is 4.99 Å². The van der Waals surface area contributed by atoms with Gasteiger partial charge in [-0.1, -0.05) is 94.6 Å². The summed E-state index contributed by atoms with van der Waals surface area (Å²) in [6, 6.07) is 14.5. The number of benzene rings is 2. The van der Waals surface area contributed by atoms with Crippen LogP contribution in [0.25, 0.3) is 0 Å². The second-order valence-electron chi connectivity index (χ2n) is 13.5. The molecule has 0 radical (unpaired) electrons. The molecular formula is C36H54ClFeN3Si2. The van der Waals surface area contributed by atoms with E-state index in [1.165, 1.54) is 16.7 Å². The standard InChI is InChI=1S/C28H32ClN3.2C4H11Si.Fe/c1-8-22-14-17(3)13-19(5)27(22)30-20(6)25-11-10-12-26(32-25)21(7)31-28-23(9-2)15-18(4)16-24(28)29;2*1-5(2,3)4;/h10-16H,8-9H2,1-7H3;2*1H2,2-4H3;/q;2*-1;+2. The maximum atomic E-state index is 6.52. The number of pyridine rings is 1. The van der Waals surface area contributed by atoms with Crippen LogP contribution < -0.4 is 0 Å². The van der Waals surface area contributed by atoms with Crippen molar-refractivity contribution in [1.29, 1.82) is 0 Å². The molecule has 43 heavy (non-hydrogen) atoms. The van der Waals surface area contributed by atoms with Crippen LogP contribution in [-0.2, 0) is 29.9 Å². The van der Waals surface area contributed by atoms with Gasteiger partial charge in [-0.05, 0) is 87.9 Å². The molecule has 0 saturated carbocycles.